The molecule has 0 saturated heterocycles. The van der Waals surface area contributed by atoms with E-state index >= 15 is 0 Å². The molecule has 1 aromatic rings. The molecular weight excluding hydrogens is 273 g/mol. The van der Waals surface area contributed by atoms with Crippen molar-refractivity contribution in [3.05, 3.63) is 32.3 Å². The molecule has 0 aliphatic carbocycles. The number of nitrogens with zero attached hydrogens (tertiary/aromatic N) is 1. The molecule has 0 heterocycles. The Balaban J connectivity index is 3.04. The number of benzene rings is 1. The lowest BCUT2D eigenvalue weighted by atomic mass is 10.3. The van der Waals surface area contributed by atoms with E-state index in [1.165, 1.54) is 6.07 Å². The number of nitrogens with one attached hydrogen (secondary N) is 1. The molecule has 0 spiro atoms. The topological polar surface area (TPSA) is 107 Å². The van der Waals surface area contributed by atoms with Gasteiger partial charge in [0.2, 0.25) is 5.75 Å². The Morgan fingerprint density at radius 3 is 2.71 bits per heavy atom. The van der Waals surface area contributed by atoms with Crippen molar-refractivity contribution < 1.29 is 14.5 Å². The van der Waals surface area contributed by atoms with Crippen LogP contribution in [0, 0.1) is 10.1 Å². The van der Waals surface area contributed by atoms with Crippen molar-refractivity contribution in [1.82, 2.24) is 5.43 Å². The molecule has 0 fully saturated rings. The van der Waals surface area contributed by atoms with E-state index in [1.54, 1.807) is 0 Å². The second-order valence-corrected chi connectivity index (χ2v) is 3.69. The zero-order valence-electron chi connectivity index (χ0n) is 8.28. The first kappa shape index (κ1) is 13.5. The summed E-state index contributed by atoms with van der Waals surface area (Å²) in [5.74, 6) is 3.95. The Hall–Kier alpha value is -1.57. The van der Waals surface area contributed by atoms with Crippen LogP contribution in [0.5, 0.6) is 5.75 Å². The van der Waals surface area contributed by atoms with Crippen molar-refractivity contribution in [3.63, 3.8) is 0 Å². The maximum Gasteiger partial charge on any atom is 0.314 e. The Bertz CT molecular complexity index is 466. The highest BCUT2D eigenvalue weighted by atomic mass is 35.5. The van der Waals surface area contributed by atoms with Gasteiger partial charge in [-0.2, -0.15) is 0 Å². The van der Waals surface area contributed by atoms with Crippen molar-refractivity contribution in [1.29, 1.82) is 0 Å². The molecule has 3 N–H and O–H groups in total. The second-order valence-electron chi connectivity index (χ2n) is 2.85. The van der Waals surface area contributed by atoms with Gasteiger partial charge in [-0.15, -0.1) is 0 Å². The zero-order chi connectivity index (χ0) is 13.0. The third-order valence-corrected chi connectivity index (χ3v) is 2.19. The minimum Gasteiger partial charge on any atom is -0.476 e. The number of hydrogen-bond acceptors (Lipinski definition) is 5. The number of hydrogen-bond donors (Lipinski definition) is 2. The van der Waals surface area contributed by atoms with Crippen molar-refractivity contribution in [2.24, 2.45) is 5.84 Å². The van der Waals surface area contributed by atoms with Crippen LogP contribution in [-0.4, -0.2) is 17.4 Å². The van der Waals surface area contributed by atoms with Gasteiger partial charge in [-0.05, 0) is 6.07 Å². The molecule has 0 bridgehead atoms. The molecule has 0 saturated carbocycles. The average molecular weight is 280 g/mol. The minimum absolute atomic E-state index is 0.0611. The van der Waals surface area contributed by atoms with Crippen LogP contribution >= 0.6 is 23.2 Å². The van der Waals surface area contributed by atoms with E-state index in [4.69, 9.17) is 33.8 Å². The van der Waals surface area contributed by atoms with Crippen LogP contribution in [0.4, 0.5) is 5.69 Å². The maximum absolute atomic E-state index is 10.8. The van der Waals surface area contributed by atoms with Crippen LogP contribution in [0.15, 0.2) is 12.1 Å². The highest BCUT2D eigenvalue weighted by Crippen LogP contribution is 2.37. The molecule has 0 aliphatic heterocycles. The molecule has 0 unspecified atom stereocenters. The summed E-state index contributed by atoms with van der Waals surface area (Å²) < 4.78 is 4.91. The first-order chi connectivity index (χ1) is 7.95. The number of nitro benzene ring substituents is 1. The smallest absolute Gasteiger partial charge is 0.314 e. The van der Waals surface area contributed by atoms with Gasteiger partial charge in [0, 0.05) is 11.1 Å². The predicted molar refractivity (Wildman–Crippen MR) is 60.9 cm³/mol. The zero-order valence-corrected chi connectivity index (χ0v) is 9.79. The predicted octanol–water partition coefficient (Wildman–Crippen LogP) is 1.27. The number of halogens is 2. The number of rotatable bonds is 4. The monoisotopic (exact) mass is 279 g/mol. The molecule has 1 rings (SSSR count). The minimum atomic E-state index is -0.715. The SMILES string of the molecule is NNC(=O)COc1c(Cl)cc(Cl)cc1[N+](=O)[O-]. The molecule has 17 heavy (non-hydrogen) atoms. The normalized spacial score (nSPS) is 9.82. The number of carbonyl (C=O) groups excluding carboxylic acids is 1. The largest absolute Gasteiger partial charge is 0.476 e. The van der Waals surface area contributed by atoms with E-state index in [0.29, 0.717) is 0 Å². The summed E-state index contributed by atoms with van der Waals surface area (Å²) in [5.41, 5.74) is 1.39. The van der Waals surface area contributed by atoms with E-state index in [9.17, 15) is 14.9 Å². The third kappa shape index (κ3) is 3.45. The van der Waals surface area contributed by atoms with E-state index in [2.05, 4.69) is 0 Å². The van der Waals surface area contributed by atoms with Gasteiger partial charge in [-0.25, -0.2) is 5.84 Å². The molecule has 7 nitrogen and oxygen atoms in total. The van der Waals surface area contributed by atoms with E-state index < -0.39 is 23.1 Å². The van der Waals surface area contributed by atoms with Crippen molar-refractivity contribution in [2.45, 2.75) is 0 Å². The van der Waals surface area contributed by atoms with Gasteiger partial charge in [-0.1, -0.05) is 23.2 Å². The first-order valence-corrected chi connectivity index (χ1v) is 4.97. The summed E-state index contributed by atoms with van der Waals surface area (Å²) in [7, 11) is 0. The Morgan fingerprint density at radius 2 is 2.18 bits per heavy atom. The van der Waals surface area contributed by atoms with Gasteiger partial charge in [0.25, 0.3) is 5.91 Å². The van der Waals surface area contributed by atoms with Gasteiger partial charge in [0.1, 0.15) is 0 Å². The van der Waals surface area contributed by atoms with Crippen molar-refractivity contribution in [3.8, 4) is 5.75 Å². The number of ether oxygens (including phenoxy) is 1. The lowest BCUT2D eigenvalue weighted by Crippen LogP contribution is -2.34. The number of nitrogens with two attached hydrogens (primary N) is 1. The van der Waals surface area contributed by atoms with Crippen molar-refractivity contribution >= 4 is 34.8 Å². The summed E-state index contributed by atoms with van der Waals surface area (Å²) >= 11 is 11.3. The van der Waals surface area contributed by atoms with Crippen LogP contribution in [0.3, 0.4) is 0 Å². The van der Waals surface area contributed by atoms with Gasteiger partial charge in [-0.3, -0.25) is 20.3 Å². The Morgan fingerprint density at radius 1 is 1.53 bits per heavy atom. The fourth-order valence-electron chi connectivity index (χ4n) is 1.00. The summed E-state index contributed by atoms with van der Waals surface area (Å²) in [6.45, 7) is -0.487. The lowest BCUT2D eigenvalue weighted by Gasteiger charge is -2.07. The third-order valence-electron chi connectivity index (χ3n) is 1.69. The van der Waals surface area contributed by atoms with E-state index in [1.807, 2.05) is 5.43 Å². The average Bonchev–Trinajstić information content (AvgIpc) is 2.26. The van der Waals surface area contributed by atoms with Gasteiger partial charge >= 0.3 is 5.69 Å². The van der Waals surface area contributed by atoms with Crippen LogP contribution in [0.2, 0.25) is 10.0 Å². The van der Waals surface area contributed by atoms with Gasteiger partial charge in [0.15, 0.2) is 6.61 Å². The molecule has 0 atom stereocenters. The number of nitro groups is 1. The Labute approximate surface area is 106 Å². The van der Waals surface area contributed by atoms with Gasteiger partial charge < -0.3 is 4.74 Å². The molecular formula is C8H7Cl2N3O4. The number of carbonyl (C=O) groups is 1. The quantitative estimate of drug-likeness (QED) is 0.373. The standard InChI is InChI=1S/C8H7Cl2N3O4/c9-4-1-5(10)8(6(2-4)13(15)16)17-3-7(14)12-11/h1-2H,3,11H2,(H,12,14). The second kappa shape index (κ2) is 5.67. The summed E-state index contributed by atoms with van der Waals surface area (Å²) in [5, 5.41) is 10.8. The fraction of sp³-hybridized carbons (Fsp3) is 0.125. The maximum atomic E-state index is 10.8. The molecule has 0 radical (unpaired) electrons. The van der Waals surface area contributed by atoms with Crippen molar-refractivity contribution in [2.75, 3.05) is 6.61 Å². The lowest BCUT2D eigenvalue weighted by molar-refractivity contribution is -0.385. The molecule has 1 aromatic carbocycles. The molecule has 0 aromatic heterocycles. The summed E-state index contributed by atoms with van der Waals surface area (Å²) in [4.78, 5) is 20.9. The highest BCUT2D eigenvalue weighted by molar-refractivity contribution is 6.36. The first-order valence-electron chi connectivity index (χ1n) is 4.21. The van der Waals surface area contributed by atoms with Gasteiger partial charge in [0.05, 0.1) is 9.95 Å². The molecule has 92 valence electrons. The highest BCUT2D eigenvalue weighted by Gasteiger charge is 2.21. The molecule has 1 amide bonds. The van der Waals surface area contributed by atoms with Crippen LogP contribution in [0.25, 0.3) is 0 Å². The number of amides is 1. The van der Waals surface area contributed by atoms with Crippen LogP contribution in [-0.2, 0) is 4.79 Å². The summed E-state index contributed by atoms with van der Waals surface area (Å²) in [6.07, 6.45) is 0. The van der Waals surface area contributed by atoms with E-state index in [-0.39, 0.29) is 15.8 Å². The van der Waals surface area contributed by atoms with Crippen LogP contribution in [0.1, 0.15) is 0 Å². The molecule has 9 heteroatoms. The van der Waals surface area contributed by atoms with Crippen LogP contribution < -0.4 is 16.0 Å². The van der Waals surface area contributed by atoms with E-state index in [0.717, 1.165) is 6.07 Å². The molecule has 0 aliphatic rings. The fourth-order valence-corrected chi connectivity index (χ4v) is 1.54. The summed E-state index contributed by atoms with van der Waals surface area (Å²) in [6, 6.07) is 2.34. The number of hydrazine groups is 1. The Kier molecular flexibility index (Phi) is 4.50.